The average molecular weight is 236 g/mol. The maximum absolute atomic E-state index is 2.33. The molecule has 0 heterocycles. The third-order valence-corrected chi connectivity index (χ3v) is 2.67. The largest absolute Gasteiger partial charge is 0.0683 e. The van der Waals surface area contributed by atoms with Crippen LogP contribution in [0.5, 0.6) is 0 Å². The molecule has 0 fully saturated rings. The minimum Gasteiger partial charge on any atom is -0.0683 e. The van der Waals surface area contributed by atoms with E-state index in [4.69, 9.17) is 0 Å². The summed E-state index contributed by atoms with van der Waals surface area (Å²) in [6, 6.07) is 8.85. The van der Waals surface area contributed by atoms with Crippen molar-refractivity contribution in [1.29, 1.82) is 0 Å². The van der Waals surface area contributed by atoms with Crippen molar-refractivity contribution in [3.05, 3.63) is 35.4 Å². The van der Waals surface area contributed by atoms with Crippen molar-refractivity contribution in [2.45, 2.75) is 73.6 Å². The van der Waals surface area contributed by atoms with E-state index in [1.807, 2.05) is 41.5 Å². The highest BCUT2D eigenvalue weighted by molar-refractivity contribution is 5.31. The van der Waals surface area contributed by atoms with Gasteiger partial charge in [0.05, 0.1) is 0 Å². The van der Waals surface area contributed by atoms with Crippen molar-refractivity contribution in [3.8, 4) is 0 Å². The molecule has 0 heteroatoms. The molecular weight excluding hydrogens is 204 g/mol. The van der Waals surface area contributed by atoms with Gasteiger partial charge in [-0.05, 0) is 36.3 Å². The minimum atomic E-state index is 0.792. The van der Waals surface area contributed by atoms with Crippen LogP contribution in [-0.4, -0.2) is 0 Å². The van der Waals surface area contributed by atoms with E-state index in [1.165, 1.54) is 19.3 Å². The Balaban J connectivity index is 0. The molecule has 1 aliphatic carbocycles. The van der Waals surface area contributed by atoms with Crippen LogP contribution in [0.15, 0.2) is 24.3 Å². The molecule has 1 atom stereocenters. The fourth-order valence-electron chi connectivity index (χ4n) is 2.00. The Morgan fingerprint density at radius 1 is 0.882 bits per heavy atom. The van der Waals surface area contributed by atoms with Crippen molar-refractivity contribution in [1.82, 2.24) is 0 Å². The van der Waals surface area contributed by atoms with Crippen LogP contribution in [0.25, 0.3) is 0 Å². The normalized spacial score (nSPS) is 15.8. The third kappa shape index (κ3) is 6.51. The molecule has 0 spiro atoms. The molecule has 0 unspecified atom stereocenters. The molecule has 0 bridgehead atoms. The topological polar surface area (TPSA) is 0 Å². The number of rotatable bonds is 0. The van der Waals surface area contributed by atoms with E-state index in [0.29, 0.717) is 0 Å². The highest BCUT2D eigenvalue weighted by Gasteiger charge is 2.14. The number of hydrogen-bond donors (Lipinski definition) is 0. The van der Waals surface area contributed by atoms with Gasteiger partial charge in [-0.25, -0.2) is 0 Å². The van der Waals surface area contributed by atoms with E-state index in [2.05, 4.69) is 31.2 Å². The highest BCUT2D eigenvalue weighted by Crippen LogP contribution is 2.30. The number of fused-ring (bicyclic) bond motifs is 1. The van der Waals surface area contributed by atoms with Gasteiger partial charge in [0, 0.05) is 0 Å². The summed E-state index contributed by atoms with van der Waals surface area (Å²) in [5.74, 6) is 0.792. The first-order chi connectivity index (χ1) is 8.38. The number of aryl methyl sites for hydroxylation is 1. The van der Waals surface area contributed by atoms with Gasteiger partial charge in [-0.2, -0.15) is 0 Å². The minimum absolute atomic E-state index is 0.792. The molecule has 100 valence electrons. The summed E-state index contributed by atoms with van der Waals surface area (Å²) in [5.41, 5.74) is 3.16. The van der Waals surface area contributed by atoms with Gasteiger partial charge in [0.2, 0.25) is 0 Å². The van der Waals surface area contributed by atoms with Crippen LogP contribution in [-0.2, 0) is 6.42 Å². The molecule has 0 N–H and O–H groups in total. The standard InChI is InChI=1S/C11H14.3C2H6/c1-9-5-4-7-10-6-2-3-8-11(9)10;3*1-2/h2-3,6,8-9H,4-5,7H2,1H3;3*1-2H3/t9-;;;/m0.../s1. The third-order valence-electron chi connectivity index (χ3n) is 2.67. The second kappa shape index (κ2) is 13.3. The van der Waals surface area contributed by atoms with Crippen molar-refractivity contribution in [3.63, 3.8) is 0 Å². The van der Waals surface area contributed by atoms with E-state index >= 15 is 0 Å². The summed E-state index contributed by atoms with van der Waals surface area (Å²) in [6.07, 6.45) is 4.04. The summed E-state index contributed by atoms with van der Waals surface area (Å²) in [6.45, 7) is 14.3. The summed E-state index contributed by atoms with van der Waals surface area (Å²) >= 11 is 0. The van der Waals surface area contributed by atoms with Gasteiger partial charge >= 0.3 is 0 Å². The molecule has 0 aliphatic heterocycles. The molecule has 1 aromatic rings. The molecule has 0 saturated carbocycles. The van der Waals surface area contributed by atoms with Crippen molar-refractivity contribution < 1.29 is 0 Å². The van der Waals surface area contributed by atoms with Crippen LogP contribution in [0.4, 0.5) is 0 Å². The predicted molar refractivity (Wildman–Crippen MR) is 81.8 cm³/mol. The Kier molecular flexibility index (Phi) is 14.5. The maximum Gasteiger partial charge on any atom is -0.0188 e. The average Bonchev–Trinajstić information content (AvgIpc) is 2.46. The van der Waals surface area contributed by atoms with Gasteiger partial charge in [0.15, 0.2) is 0 Å². The molecular formula is C17H32. The molecule has 0 aromatic heterocycles. The predicted octanol–water partition coefficient (Wildman–Crippen LogP) is 6.21. The first-order valence-electron chi connectivity index (χ1n) is 7.46. The lowest BCUT2D eigenvalue weighted by molar-refractivity contribution is 0.590. The van der Waals surface area contributed by atoms with Crippen LogP contribution in [0, 0.1) is 0 Å². The molecule has 1 aliphatic rings. The van der Waals surface area contributed by atoms with E-state index in [0.717, 1.165) is 5.92 Å². The lowest BCUT2D eigenvalue weighted by Gasteiger charge is -2.21. The smallest absolute Gasteiger partial charge is 0.0188 e. The van der Waals surface area contributed by atoms with Gasteiger partial charge < -0.3 is 0 Å². The van der Waals surface area contributed by atoms with Crippen LogP contribution in [0.1, 0.15) is 78.4 Å². The molecule has 1 aromatic carbocycles. The summed E-state index contributed by atoms with van der Waals surface area (Å²) in [7, 11) is 0. The summed E-state index contributed by atoms with van der Waals surface area (Å²) in [5, 5.41) is 0. The Bertz CT molecular complexity index is 250. The first kappa shape index (κ1) is 18.6. The van der Waals surface area contributed by atoms with E-state index in [1.54, 1.807) is 11.1 Å². The molecule has 0 saturated heterocycles. The maximum atomic E-state index is 2.33. The van der Waals surface area contributed by atoms with Crippen LogP contribution < -0.4 is 0 Å². The quantitative estimate of drug-likeness (QED) is 0.502. The zero-order chi connectivity index (χ0) is 13.7. The molecule has 0 amide bonds. The van der Waals surface area contributed by atoms with Crippen LogP contribution >= 0.6 is 0 Å². The molecule has 0 radical (unpaired) electrons. The zero-order valence-electron chi connectivity index (χ0n) is 13.0. The van der Waals surface area contributed by atoms with Gasteiger partial charge in [0.1, 0.15) is 0 Å². The van der Waals surface area contributed by atoms with Crippen molar-refractivity contribution >= 4 is 0 Å². The number of benzene rings is 1. The Morgan fingerprint density at radius 2 is 1.41 bits per heavy atom. The van der Waals surface area contributed by atoms with Gasteiger partial charge in [-0.3, -0.25) is 0 Å². The van der Waals surface area contributed by atoms with E-state index in [-0.39, 0.29) is 0 Å². The second-order valence-electron chi connectivity index (χ2n) is 3.49. The summed E-state index contributed by atoms with van der Waals surface area (Å²) in [4.78, 5) is 0. The van der Waals surface area contributed by atoms with E-state index in [9.17, 15) is 0 Å². The van der Waals surface area contributed by atoms with Crippen molar-refractivity contribution in [2.24, 2.45) is 0 Å². The van der Waals surface area contributed by atoms with Gasteiger partial charge in [0.25, 0.3) is 0 Å². The van der Waals surface area contributed by atoms with E-state index < -0.39 is 0 Å². The SMILES string of the molecule is CC.CC.CC.C[C@H]1CCCc2ccccc21. The Labute approximate surface area is 109 Å². The van der Waals surface area contributed by atoms with Gasteiger partial charge in [-0.15, -0.1) is 0 Å². The zero-order valence-corrected chi connectivity index (χ0v) is 13.0. The first-order valence-corrected chi connectivity index (χ1v) is 7.46. The van der Waals surface area contributed by atoms with Crippen LogP contribution in [0.3, 0.4) is 0 Å². The molecule has 2 rings (SSSR count). The summed E-state index contributed by atoms with van der Waals surface area (Å²) < 4.78 is 0. The lowest BCUT2D eigenvalue weighted by atomic mass is 9.84. The number of hydrogen-bond acceptors (Lipinski definition) is 0. The molecule has 17 heavy (non-hydrogen) atoms. The lowest BCUT2D eigenvalue weighted by Crippen LogP contribution is -2.05. The fourth-order valence-corrected chi connectivity index (χ4v) is 2.00. The highest BCUT2D eigenvalue weighted by atomic mass is 14.2. The Hall–Kier alpha value is -0.780. The monoisotopic (exact) mass is 236 g/mol. The fraction of sp³-hybridized carbons (Fsp3) is 0.647. The Morgan fingerprint density at radius 3 is 1.94 bits per heavy atom. The van der Waals surface area contributed by atoms with Crippen molar-refractivity contribution in [2.75, 3.05) is 0 Å². The van der Waals surface area contributed by atoms with Gasteiger partial charge in [-0.1, -0.05) is 72.7 Å². The second-order valence-corrected chi connectivity index (χ2v) is 3.49. The van der Waals surface area contributed by atoms with Crippen LogP contribution in [0.2, 0.25) is 0 Å². The molecule has 0 nitrogen and oxygen atoms in total.